The normalized spacial score (nSPS) is 12.2. The van der Waals surface area contributed by atoms with Crippen molar-refractivity contribution in [3.8, 4) is 0 Å². The maximum absolute atomic E-state index is 11.8. The molecule has 3 heterocycles. The van der Waals surface area contributed by atoms with E-state index in [0.29, 0.717) is 12.1 Å². The number of hydrogen-bond donors (Lipinski definition) is 2. The minimum absolute atomic E-state index is 0.169. The van der Waals surface area contributed by atoms with E-state index in [1.54, 1.807) is 6.07 Å². The van der Waals surface area contributed by atoms with Crippen LogP contribution >= 0.6 is 22.7 Å². The third kappa shape index (κ3) is 3.24. The van der Waals surface area contributed by atoms with Gasteiger partial charge < -0.3 is 14.8 Å². The number of carbonyl (C=O) groups excluding carboxylic acids is 1. The first-order valence-electron chi connectivity index (χ1n) is 6.34. The highest BCUT2D eigenvalue weighted by atomic mass is 32.1. The van der Waals surface area contributed by atoms with Crippen LogP contribution in [-0.2, 0) is 6.54 Å². The number of nitrogens with one attached hydrogen (secondary N) is 1. The van der Waals surface area contributed by atoms with Crippen LogP contribution in [0, 0.1) is 0 Å². The molecule has 0 saturated carbocycles. The van der Waals surface area contributed by atoms with Crippen LogP contribution in [0.5, 0.6) is 0 Å². The van der Waals surface area contributed by atoms with Gasteiger partial charge in [0.05, 0.1) is 18.4 Å². The fraction of sp³-hybridized carbons (Fsp3) is 0.133. The third-order valence-corrected chi connectivity index (χ3v) is 5.03. The van der Waals surface area contributed by atoms with E-state index in [0.717, 1.165) is 14.6 Å². The van der Waals surface area contributed by atoms with Gasteiger partial charge in [-0.1, -0.05) is 6.07 Å². The number of carbonyl (C=O) groups is 1. The van der Waals surface area contributed by atoms with Crippen LogP contribution in [0.25, 0.3) is 0 Å². The summed E-state index contributed by atoms with van der Waals surface area (Å²) in [5.74, 6) is -0.169. The van der Waals surface area contributed by atoms with Crippen molar-refractivity contribution >= 4 is 28.6 Å². The van der Waals surface area contributed by atoms with E-state index in [4.69, 9.17) is 4.42 Å². The fourth-order valence-electron chi connectivity index (χ4n) is 1.89. The lowest BCUT2D eigenvalue weighted by Gasteiger charge is -2.05. The summed E-state index contributed by atoms with van der Waals surface area (Å²) >= 11 is 3.03. The topological polar surface area (TPSA) is 62.5 Å². The molecule has 2 N–H and O–H groups in total. The molecule has 0 saturated heterocycles. The molecule has 3 aromatic heterocycles. The van der Waals surface area contributed by atoms with E-state index >= 15 is 0 Å². The number of thiophene rings is 2. The van der Waals surface area contributed by atoms with Crippen LogP contribution in [0.2, 0.25) is 0 Å². The lowest BCUT2D eigenvalue weighted by atomic mass is 10.2. The molecule has 0 aromatic carbocycles. The maximum Gasteiger partial charge on any atom is 0.254 e. The van der Waals surface area contributed by atoms with Crippen LogP contribution < -0.4 is 5.32 Å². The Labute approximate surface area is 129 Å². The van der Waals surface area contributed by atoms with Crippen LogP contribution in [0.1, 0.15) is 31.1 Å². The van der Waals surface area contributed by atoms with Crippen LogP contribution in [0.15, 0.2) is 52.7 Å². The van der Waals surface area contributed by atoms with Crippen molar-refractivity contribution in [3.05, 3.63) is 68.4 Å². The zero-order chi connectivity index (χ0) is 14.7. The summed E-state index contributed by atoms with van der Waals surface area (Å²) in [7, 11) is 0. The lowest BCUT2D eigenvalue weighted by Crippen LogP contribution is -2.21. The Kier molecular flexibility index (Phi) is 4.19. The van der Waals surface area contributed by atoms with E-state index in [1.165, 1.54) is 35.2 Å². The van der Waals surface area contributed by atoms with Gasteiger partial charge in [-0.05, 0) is 29.6 Å². The largest absolute Gasteiger partial charge is 0.472 e. The second kappa shape index (κ2) is 6.26. The van der Waals surface area contributed by atoms with Gasteiger partial charge in [0.25, 0.3) is 5.91 Å². The summed E-state index contributed by atoms with van der Waals surface area (Å²) in [4.78, 5) is 14.6. The SMILES string of the molecule is O=C(NCc1ccc([C@@H](O)c2cccs2)s1)c1ccoc1. The molecular weight excluding hydrogens is 306 g/mol. The first kappa shape index (κ1) is 14.1. The fourth-order valence-corrected chi connectivity index (χ4v) is 3.65. The molecule has 6 heteroatoms. The zero-order valence-corrected chi connectivity index (χ0v) is 12.6. The quantitative estimate of drug-likeness (QED) is 0.757. The highest BCUT2D eigenvalue weighted by molar-refractivity contribution is 7.12. The van der Waals surface area contributed by atoms with Gasteiger partial charge in [0.1, 0.15) is 12.4 Å². The number of hydrogen-bond acceptors (Lipinski definition) is 5. The number of rotatable bonds is 5. The zero-order valence-electron chi connectivity index (χ0n) is 11.0. The molecule has 4 nitrogen and oxygen atoms in total. The molecule has 21 heavy (non-hydrogen) atoms. The molecule has 3 aromatic rings. The molecule has 1 amide bonds. The van der Waals surface area contributed by atoms with E-state index in [-0.39, 0.29) is 5.91 Å². The van der Waals surface area contributed by atoms with Crippen molar-refractivity contribution in [2.75, 3.05) is 0 Å². The molecule has 108 valence electrons. The molecule has 0 fully saturated rings. The Bertz CT molecular complexity index is 701. The van der Waals surface area contributed by atoms with Gasteiger partial charge in [0.15, 0.2) is 0 Å². The van der Waals surface area contributed by atoms with Gasteiger partial charge in [-0.15, -0.1) is 22.7 Å². The number of furan rings is 1. The molecule has 1 atom stereocenters. The number of aliphatic hydroxyl groups excluding tert-OH is 1. The molecule has 0 unspecified atom stereocenters. The molecule has 3 rings (SSSR count). The molecule has 0 spiro atoms. The summed E-state index contributed by atoms with van der Waals surface area (Å²) in [6.07, 6.45) is 2.29. The number of amides is 1. The van der Waals surface area contributed by atoms with Crippen molar-refractivity contribution in [1.82, 2.24) is 5.32 Å². The molecule has 0 aliphatic rings. The summed E-state index contributed by atoms with van der Waals surface area (Å²) in [6, 6.07) is 9.27. The summed E-state index contributed by atoms with van der Waals surface area (Å²) < 4.78 is 4.87. The molecular formula is C15H13NO3S2. The maximum atomic E-state index is 11.8. The van der Waals surface area contributed by atoms with Gasteiger partial charge in [-0.3, -0.25) is 4.79 Å². The first-order chi connectivity index (χ1) is 10.2. The number of aliphatic hydroxyl groups is 1. The summed E-state index contributed by atoms with van der Waals surface area (Å²) in [6.45, 7) is 0.436. The van der Waals surface area contributed by atoms with Gasteiger partial charge >= 0.3 is 0 Å². The Balaban J connectivity index is 1.62. The Morgan fingerprint density at radius 2 is 2.19 bits per heavy atom. The lowest BCUT2D eigenvalue weighted by molar-refractivity contribution is 0.0950. The predicted octanol–water partition coefficient (Wildman–Crippen LogP) is 3.41. The van der Waals surface area contributed by atoms with E-state index in [2.05, 4.69) is 5.32 Å². The second-order valence-corrected chi connectivity index (χ2v) is 6.60. The van der Waals surface area contributed by atoms with Gasteiger partial charge in [-0.25, -0.2) is 0 Å². The van der Waals surface area contributed by atoms with Crippen LogP contribution in [-0.4, -0.2) is 11.0 Å². The summed E-state index contributed by atoms with van der Waals surface area (Å²) in [5.41, 5.74) is 0.505. The van der Waals surface area contributed by atoms with Crippen molar-refractivity contribution in [1.29, 1.82) is 0 Å². The molecule has 0 radical (unpaired) electrons. The van der Waals surface area contributed by atoms with E-state index in [1.807, 2.05) is 29.6 Å². The Morgan fingerprint density at radius 3 is 2.90 bits per heavy atom. The monoisotopic (exact) mass is 319 g/mol. The second-order valence-electron chi connectivity index (χ2n) is 4.42. The molecule has 0 aliphatic heterocycles. The van der Waals surface area contributed by atoms with Crippen LogP contribution in [0.3, 0.4) is 0 Å². The third-order valence-electron chi connectivity index (χ3n) is 2.97. The predicted molar refractivity (Wildman–Crippen MR) is 82.6 cm³/mol. The Hall–Kier alpha value is -1.89. The van der Waals surface area contributed by atoms with Crippen molar-refractivity contribution < 1.29 is 14.3 Å². The van der Waals surface area contributed by atoms with Gasteiger partial charge in [0, 0.05) is 14.6 Å². The Morgan fingerprint density at radius 1 is 1.29 bits per heavy atom. The van der Waals surface area contributed by atoms with Crippen molar-refractivity contribution in [3.63, 3.8) is 0 Å². The standard InChI is InChI=1S/C15H13NO3S2/c17-14(12-2-1-7-20-12)13-4-3-11(21-13)8-16-15(18)10-5-6-19-9-10/h1-7,9,14,17H,8H2,(H,16,18)/t14-/m0/s1. The smallest absolute Gasteiger partial charge is 0.254 e. The highest BCUT2D eigenvalue weighted by Crippen LogP contribution is 2.30. The first-order valence-corrected chi connectivity index (χ1v) is 8.04. The van der Waals surface area contributed by atoms with E-state index < -0.39 is 6.10 Å². The highest BCUT2D eigenvalue weighted by Gasteiger charge is 2.14. The van der Waals surface area contributed by atoms with Crippen LogP contribution in [0.4, 0.5) is 0 Å². The molecule has 0 bridgehead atoms. The van der Waals surface area contributed by atoms with Crippen molar-refractivity contribution in [2.24, 2.45) is 0 Å². The minimum Gasteiger partial charge on any atom is -0.472 e. The average molecular weight is 319 g/mol. The minimum atomic E-state index is -0.590. The average Bonchev–Trinajstić information content (AvgIpc) is 3.26. The van der Waals surface area contributed by atoms with Gasteiger partial charge in [-0.2, -0.15) is 0 Å². The van der Waals surface area contributed by atoms with Crippen molar-refractivity contribution in [2.45, 2.75) is 12.6 Å². The molecule has 0 aliphatic carbocycles. The van der Waals surface area contributed by atoms with E-state index in [9.17, 15) is 9.90 Å². The van der Waals surface area contributed by atoms with Gasteiger partial charge in [0.2, 0.25) is 0 Å². The summed E-state index contributed by atoms with van der Waals surface area (Å²) in [5, 5.41) is 15.0.